The van der Waals surface area contributed by atoms with Gasteiger partial charge in [-0.15, -0.1) is 18.2 Å². The van der Waals surface area contributed by atoms with E-state index in [1.54, 1.807) is 0 Å². The van der Waals surface area contributed by atoms with Gasteiger partial charge in [-0.3, -0.25) is 0 Å². The van der Waals surface area contributed by atoms with Crippen molar-refractivity contribution in [2.75, 3.05) is 23.8 Å². The van der Waals surface area contributed by atoms with Gasteiger partial charge in [0.15, 0.2) is 0 Å². The first kappa shape index (κ1) is 14.8. The van der Waals surface area contributed by atoms with Crippen LogP contribution in [0.1, 0.15) is 0 Å². The SMILES string of the molecule is C#CCSCCNS(=O)(=O)c1ccc(F)c(N)c1. The van der Waals surface area contributed by atoms with Crippen molar-refractivity contribution in [1.82, 2.24) is 4.72 Å². The Hall–Kier alpha value is -1.23. The minimum absolute atomic E-state index is 0.0525. The van der Waals surface area contributed by atoms with Gasteiger partial charge < -0.3 is 5.73 Å². The smallest absolute Gasteiger partial charge is 0.240 e. The molecular weight excluding hydrogens is 275 g/mol. The molecule has 0 unspecified atom stereocenters. The van der Waals surface area contributed by atoms with Crippen LogP contribution < -0.4 is 10.5 Å². The molecule has 0 aliphatic carbocycles. The molecule has 98 valence electrons. The third-order valence-electron chi connectivity index (χ3n) is 2.00. The zero-order valence-electron chi connectivity index (χ0n) is 9.52. The van der Waals surface area contributed by atoms with Crippen LogP contribution in [0, 0.1) is 18.2 Å². The lowest BCUT2D eigenvalue weighted by Gasteiger charge is -2.07. The maximum absolute atomic E-state index is 12.9. The van der Waals surface area contributed by atoms with Crippen molar-refractivity contribution in [1.29, 1.82) is 0 Å². The number of nitrogens with two attached hydrogens (primary N) is 1. The van der Waals surface area contributed by atoms with Gasteiger partial charge in [0.25, 0.3) is 0 Å². The molecule has 1 aromatic rings. The van der Waals surface area contributed by atoms with Crippen LogP contribution in [0.3, 0.4) is 0 Å². The van der Waals surface area contributed by atoms with Gasteiger partial charge in [-0.2, -0.15) is 0 Å². The second kappa shape index (κ2) is 6.64. The number of thioether (sulfide) groups is 1. The summed E-state index contributed by atoms with van der Waals surface area (Å²) in [6, 6.07) is 3.28. The summed E-state index contributed by atoms with van der Waals surface area (Å²) in [6.45, 7) is 0.256. The van der Waals surface area contributed by atoms with Crippen LogP contribution >= 0.6 is 11.8 Å². The van der Waals surface area contributed by atoms with E-state index in [0.717, 1.165) is 12.1 Å². The number of anilines is 1. The number of rotatable bonds is 6. The van der Waals surface area contributed by atoms with Crippen LogP contribution in [0.2, 0.25) is 0 Å². The Morgan fingerprint density at radius 2 is 2.22 bits per heavy atom. The fourth-order valence-corrected chi connectivity index (χ4v) is 2.86. The fourth-order valence-electron chi connectivity index (χ4n) is 1.15. The van der Waals surface area contributed by atoms with Crippen LogP contribution in [0.5, 0.6) is 0 Å². The second-order valence-corrected chi connectivity index (χ2v) is 6.21. The molecule has 0 fully saturated rings. The van der Waals surface area contributed by atoms with Crippen molar-refractivity contribution in [2.45, 2.75) is 4.90 Å². The van der Waals surface area contributed by atoms with E-state index in [1.165, 1.54) is 17.8 Å². The van der Waals surface area contributed by atoms with Gasteiger partial charge in [-0.25, -0.2) is 17.5 Å². The van der Waals surface area contributed by atoms with E-state index < -0.39 is 15.8 Å². The molecule has 4 nitrogen and oxygen atoms in total. The lowest BCUT2D eigenvalue weighted by atomic mass is 10.3. The Morgan fingerprint density at radius 3 is 2.83 bits per heavy atom. The minimum Gasteiger partial charge on any atom is -0.396 e. The Labute approximate surface area is 110 Å². The number of hydrogen-bond acceptors (Lipinski definition) is 4. The zero-order chi connectivity index (χ0) is 13.6. The topological polar surface area (TPSA) is 72.2 Å². The van der Waals surface area contributed by atoms with Crippen molar-refractivity contribution >= 4 is 27.5 Å². The Kier molecular flexibility index (Phi) is 5.47. The van der Waals surface area contributed by atoms with Crippen LogP contribution in [-0.2, 0) is 10.0 Å². The van der Waals surface area contributed by atoms with E-state index >= 15 is 0 Å². The van der Waals surface area contributed by atoms with Gasteiger partial charge in [-0.1, -0.05) is 5.92 Å². The molecule has 0 amide bonds. The maximum atomic E-state index is 12.9. The molecule has 0 aliphatic rings. The quantitative estimate of drug-likeness (QED) is 0.466. The van der Waals surface area contributed by atoms with E-state index in [4.69, 9.17) is 12.2 Å². The number of sulfonamides is 1. The summed E-state index contributed by atoms with van der Waals surface area (Å²) >= 11 is 1.45. The van der Waals surface area contributed by atoms with E-state index in [-0.39, 0.29) is 17.1 Å². The summed E-state index contributed by atoms with van der Waals surface area (Å²) in [7, 11) is -3.65. The summed E-state index contributed by atoms with van der Waals surface area (Å²) in [6.07, 6.45) is 5.06. The minimum atomic E-state index is -3.65. The number of nitrogen functional groups attached to an aromatic ring is 1. The van der Waals surface area contributed by atoms with Gasteiger partial charge >= 0.3 is 0 Å². The number of benzene rings is 1. The van der Waals surface area contributed by atoms with Crippen molar-refractivity contribution in [2.24, 2.45) is 0 Å². The van der Waals surface area contributed by atoms with Crippen LogP contribution in [0.25, 0.3) is 0 Å². The molecule has 0 spiro atoms. The fraction of sp³-hybridized carbons (Fsp3) is 0.273. The van der Waals surface area contributed by atoms with Gasteiger partial charge in [0.1, 0.15) is 5.82 Å². The van der Waals surface area contributed by atoms with Crippen LogP contribution in [0.15, 0.2) is 23.1 Å². The predicted octanol–water partition coefficient (Wildman–Crippen LogP) is 1.05. The molecule has 18 heavy (non-hydrogen) atoms. The molecule has 3 N–H and O–H groups in total. The lowest BCUT2D eigenvalue weighted by molar-refractivity contribution is 0.583. The molecule has 0 radical (unpaired) electrons. The molecule has 0 saturated carbocycles. The molecule has 1 rings (SSSR count). The van der Waals surface area contributed by atoms with Crippen LogP contribution in [-0.4, -0.2) is 26.5 Å². The van der Waals surface area contributed by atoms with E-state index in [0.29, 0.717) is 11.5 Å². The molecule has 0 heterocycles. The van der Waals surface area contributed by atoms with E-state index in [2.05, 4.69) is 10.6 Å². The highest BCUT2D eigenvalue weighted by Crippen LogP contribution is 2.16. The summed E-state index contributed by atoms with van der Waals surface area (Å²) in [5.74, 6) is 2.90. The lowest BCUT2D eigenvalue weighted by Crippen LogP contribution is -2.26. The summed E-state index contributed by atoms with van der Waals surface area (Å²) in [4.78, 5) is -0.0525. The highest BCUT2D eigenvalue weighted by atomic mass is 32.2. The third kappa shape index (κ3) is 4.22. The molecular formula is C11H13FN2O2S2. The second-order valence-electron chi connectivity index (χ2n) is 3.34. The van der Waals surface area contributed by atoms with Crippen molar-refractivity contribution in [3.63, 3.8) is 0 Å². The normalized spacial score (nSPS) is 11.1. The summed E-state index contributed by atoms with van der Waals surface area (Å²) in [5, 5.41) is 0. The third-order valence-corrected chi connectivity index (χ3v) is 4.32. The number of terminal acetylenes is 1. The van der Waals surface area contributed by atoms with E-state index in [1.807, 2.05) is 0 Å². The van der Waals surface area contributed by atoms with Gasteiger partial charge in [0.05, 0.1) is 16.3 Å². The van der Waals surface area contributed by atoms with Crippen molar-refractivity contribution < 1.29 is 12.8 Å². The standard InChI is InChI=1S/C11H13FN2O2S2/c1-2-6-17-7-5-14-18(15,16)9-3-4-10(12)11(13)8-9/h1,3-4,8,14H,5-7,13H2. The Balaban J connectivity index is 2.63. The molecule has 0 aliphatic heterocycles. The first-order valence-corrected chi connectivity index (χ1v) is 7.67. The first-order chi connectivity index (χ1) is 8.47. The first-order valence-electron chi connectivity index (χ1n) is 5.03. The Morgan fingerprint density at radius 1 is 1.50 bits per heavy atom. The molecule has 0 bridgehead atoms. The number of hydrogen-bond donors (Lipinski definition) is 2. The molecule has 7 heteroatoms. The maximum Gasteiger partial charge on any atom is 0.240 e. The molecule has 0 aromatic heterocycles. The van der Waals surface area contributed by atoms with Crippen molar-refractivity contribution in [3.05, 3.63) is 24.0 Å². The van der Waals surface area contributed by atoms with E-state index in [9.17, 15) is 12.8 Å². The van der Waals surface area contributed by atoms with Crippen LogP contribution in [0.4, 0.5) is 10.1 Å². The number of nitrogens with one attached hydrogen (secondary N) is 1. The molecule has 0 atom stereocenters. The predicted molar refractivity (Wildman–Crippen MR) is 72.2 cm³/mol. The van der Waals surface area contributed by atoms with Crippen molar-refractivity contribution in [3.8, 4) is 12.3 Å². The van der Waals surface area contributed by atoms with Gasteiger partial charge in [0.2, 0.25) is 10.0 Å². The highest BCUT2D eigenvalue weighted by molar-refractivity contribution is 7.99. The molecule has 0 saturated heterocycles. The molecule has 1 aromatic carbocycles. The van der Waals surface area contributed by atoms with Gasteiger partial charge in [0, 0.05) is 12.3 Å². The average Bonchev–Trinajstić information content (AvgIpc) is 2.32. The Bertz CT molecular complexity index is 553. The zero-order valence-corrected chi connectivity index (χ0v) is 11.2. The van der Waals surface area contributed by atoms with Gasteiger partial charge in [-0.05, 0) is 18.2 Å². The largest absolute Gasteiger partial charge is 0.396 e. The average molecular weight is 288 g/mol. The highest BCUT2D eigenvalue weighted by Gasteiger charge is 2.14. The number of halogens is 1. The summed E-state index contributed by atoms with van der Waals surface area (Å²) < 4.78 is 38.9. The monoisotopic (exact) mass is 288 g/mol. The summed E-state index contributed by atoms with van der Waals surface area (Å²) in [5.41, 5.74) is 5.12.